The molecule has 0 saturated carbocycles. The Hall–Kier alpha value is -4.13. The molecule has 148 valence electrons. The van der Waals surface area contributed by atoms with Crippen LogP contribution in [-0.2, 0) is 0 Å². The summed E-state index contributed by atoms with van der Waals surface area (Å²) in [7, 11) is 0. The van der Waals surface area contributed by atoms with Crippen molar-refractivity contribution >= 4 is 23.1 Å². The third-order valence-corrected chi connectivity index (χ3v) is 4.33. The van der Waals surface area contributed by atoms with Crippen molar-refractivity contribution in [1.82, 2.24) is 9.97 Å². The Morgan fingerprint density at radius 2 is 1.53 bits per heavy atom. The molecule has 0 aliphatic rings. The van der Waals surface area contributed by atoms with Gasteiger partial charge < -0.3 is 10.6 Å². The highest BCUT2D eigenvalue weighted by Crippen LogP contribution is 2.22. The standard InChI is InChI=1S/C23H16F2N4O/c24-16-6-11-19(20(25)12-16)23(30)29-18-9-7-17(8-10-18)28-22-13-21(26-14-27-22)15-4-2-1-3-5-15/h1-14H,(H,29,30)(H,26,27,28). The summed E-state index contributed by atoms with van der Waals surface area (Å²) >= 11 is 0. The summed E-state index contributed by atoms with van der Waals surface area (Å²) in [6, 6.07) is 21.2. The molecule has 4 rings (SSSR count). The van der Waals surface area contributed by atoms with E-state index in [9.17, 15) is 13.6 Å². The van der Waals surface area contributed by atoms with E-state index in [0.717, 1.165) is 29.1 Å². The van der Waals surface area contributed by atoms with Gasteiger partial charge in [0.1, 0.15) is 23.8 Å². The number of aromatic nitrogens is 2. The molecule has 7 heteroatoms. The number of hydrogen-bond donors (Lipinski definition) is 2. The zero-order valence-corrected chi connectivity index (χ0v) is 15.6. The van der Waals surface area contributed by atoms with E-state index in [2.05, 4.69) is 20.6 Å². The molecule has 1 amide bonds. The fourth-order valence-corrected chi connectivity index (χ4v) is 2.85. The maximum atomic E-state index is 13.7. The van der Waals surface area contributed by atoms with Crippen molar-refractivity contribution in [1.29, 1.82) is 0 Å². The van der Waals surface area contributed by atoms with Gasteiger partial charge in [-0.25, -0.2) is 18.7 Å². The van der Waals surface area contributed by atoms with E-state index in [4.69, 9.17) is 0 Å². The Morgan fingerprint density at radius 1 is 0.800 bits per heavy atom. The van der Waals surface area contributed by atoms with E-state index in [1.165, 1.54) is 6.33 Å². The van der Waals surface area contributed by atoms with E-state index < -0.39 is 17.5 Å². The Morgan fingerprint density at radius 3 is 2.27 bits per heavy atom. The SMILES string of the molecule is O=C(Nc1ccc(Nc2cc(-c3ccccc3)ncn2)cc1)c1ccc(F)cc1F. The lowest BCUT2D eigenvalue weighted by Crippen LogP contribution is -2.13. The summed E-state index contributed by atoms with van der Waals surface area (Å²) in [6.07, 6.45) is 1.48. The predicted octanol–water partition coefficient (Wildman–Crippen LogP) is 5.42. The highest BCUT2D eigenvalue weighted by molar-refractivity contribution is 6.04. The molecular formula is C23H16F2N4O. The fraction of sp³-hybridized carbons (Fsp3) is 0. The van der Waals surface area contributed by atoms with Crippen molar-refractivity contribution in [2.45, 2.75) is 0 Å². The van der Waals surface area contributed by atoms with Crippen molar-refractivity contribution in [3.63, 3.8) is 0 Å². The minimum atomic E-state index is -0.913. The highest BCUT2D eigenvalue weighted by atomic mass is 19.1. The molecule has 0 spiro atoms. The summed E-state index contributed by atoms with van der Waals surface area (Å²) in [6.45, 7) is 0. The molecule has 0 radical (unpaired) electrons. The quantitative estimate of drug-likeness (QED) is 0.468. The van der Waals surface area contributed by atoms with Crippen molar-refractivity contribution in [3.05, 3.63) is 102 Å². The lowest BCUT2D eigenvalue weighted by atomic mass is 10.1. The van der Waals surface area contributed by atoms with Gasteiger partial charge >= 0.3 is 0 Å². The first-order chi connectivity index (χ1) is 14.6. The second kappa shape index (κ2) is 8.48. The van der Waals surface area contributed by atoms with Gasteiger partial charge in [0.25, 0.3) is 5.91 Å². The Kier molecular flexibility index (Phi) is 5.43. The molecule has 0 aliphatic carbocycles. The number of rotatable bonds is 5. The third kappa shape index (κ3) is 4.47. The molecule has 0 atom stereocenters. The van der Waals surface area contributed by atoms with Crippen LogP contribution >= 0.6 is 0 Å². The molecule has 1 heterocycles. The summed E-state index contributed by atoms with van der Waals surface area (Å²) in [5, 5.41) is 5.76. The Balaban J connectivity index is 1.45. The van der Waals surface area contributed by atoms with E-state index in [-0.39, 0.29) is 5.56 Å². The summed E-state index contributed by atoms with van der Waals surface area (Å²) in [5.41, 5.74) is 2.76. The molecule has 0 saturated heterocycles. The fourth-order valence-electron chi connectivity index (χ4n) is 2.85. The minimum absolute atomic E-state index is 0.229. The van der Waals surface area contributed by atoms with Gasteiger partial charge in [-0.1, -0.05) is 30.3 Å². The van der Waals surface area contributed by atoms with Crippen molar-refractivity contribution in [2.24, 2.45) is 0 Å². The molecule has 4 aromatic rings. The molecular weight excluding hydrogens is 386 g/mol. The molecule has 30 heavy (non-hydrogen) atoms. The van der Waals surface area contributed by atoms with Crippen LogP contribution in [0.2, 0.25) is 0 Å². The third-order valence-electron chi connectivity index (χ3n) is 4.33. The Labute approximate surface area is 171 Å². The van der Waals surface area contributed by atoms with Crippen LogP contribution in [0.3, 0.4) is 0 Å². The lowest BCUT2D eigenvalue weighted by Gasteiger charge is -2.09. The number of anilines is 3. The zero-order chi connectivity index (χ0) is 20.9. The van der Waals surface area contributed by atoms with Gasteiger partial charge in [0, 0.05) is 29.1 Å². The smallest absolute Gasteiger partial charge is 0.258 e. The average molecular weight is 402 g/mol. The van der Waals surface area contributed by atoms with Crippen LogP contribution in [0.25, 0.3) is 11.3 Å². The van der Waals surface area contributed by atoms with Gasteiger partial charge in [0.2, 0.25) is 0 Å². The average Bonchev–Trinajstić information content (AvgIpc) is 2.76. The van der Waals surface area contributed by atoms with Gasteiger partial charge in [-0.05, 0) is 36.4 Å². The van der Waals surface area contributed by atoms with Crippen molar-refractivity contribution < 1.29 is 13.6 Å². The van der Waals surface area contributed by atoms with Crippen LogP contribution in [0, 0.1) is 11.6 Å². The minimum Gasteiger partial charge on any atom is -0.340 e. The predicted molar refractivity (Wildman–Crippen MR) is 112 cm³/mol. The van der Waals surface area contributed by atoms with Gasteiger partial charge in [-0.15, -0.1) is 0 Å². The lowest BCUT2D eigenvalue weighted by molar-refractivity contribution is 0.102. The van der Waals surface area contributed by atoms with Gasteiger partial charge in [0.05, 0.1) is 11.3 Å². The number of carbonyl (C=O) groups is 1. The van der Waals surface area contributed by atoms with Crippen LogP contribution in [0.4, 0.5) is 26.0 Å². The van der Waals surface area contributed by atoms with Crippen LogP contribution in [0.15, 0.2) is 85.2 Å². The van der Waals surface area contributed by atoms with Crippen molar-refractivity contribution in [2.75, 3.05) is 10.6 Å². The second-order valence-electron chi connectivity index (χ2n) is 6.44. The number of amides is 1. The van der Waals surface area contributed by atoms with Gasteiger partial charge in [-0.2, -0.15) is 0 Å². The number of hydrogen-bond acceptors (Lipinski definition) is 4. The normalized spacial score (nSPS) is 10.5. The number of benzene rings is 3. The molecule has 2 N–H and O–H groups in total. The van der Waals surface area contributed by atoms with Crippen LogP contribution in [0.5, 0.6) is 0 Å². The molecule has 0 bridgehead atoms. The number of carbonyl (C=O) groups excluding carboxylic acids is 1. The summed E-state index contributed by atoms with van der Waals surface area (Å²) in [4.78, 5) is 20.7. The molecule has 1 aromatic heterocycles. The van der Waals surface area contributed by atoms with Crippen molar-refractivity contribution in [3.8, 4) is 11.3 Å². The first-order valence-corrected chi connectivity index (χ1v) is 9.09. The molecule has 3 aromatic carbocycles. The molecule has 5 nitrogen and oxygen atoms in total. The summed E-state index contributed by atoms with van der Waals surface area (Å²) < 4.78 is 26.7. The Bertz CT molecular complexity index is 1180. The largest absolute Gasteiger partial charge is 0.340 e. The van der Waals surface area contributed by atoms with E-state index >= 15 is 0 Å². The first-order valence-electron chi connectivity index (χ1n) is 9.09. The molecule has 0 unspecified atom stereocenters. The summed E-state index contributed by atoms with van der Waals surface area (Å²) in [5.74, 6) is -1.69. The number of nitrogens with zero attached hydrogens (tertiary/aromatic N) is 2. The molecule has 0 aliphatic heterocycles. The maximum Gasteiger partial charge on any atom is 0.258 e. The monoisotopic (exact) mass is 402 g/mol. The number of halogens is 2. The maximum absolute atomic E-state index is 13.7. The second-order valence-corrected chi connectivity index (χ2v) is 6.44. The zero-order valence-electron chi connectivity index (χ0n) is 15.6. The van der Waals surface area contributed by atoms with E-state index in [1.807, 2.05) is 36.4 Å². The van der Waals surface area contributed by atoms with Crippen LogP contribution in [-0.4, -0.2) is 15.9 Å². The van der Waals surface area contributed by atoms with Crippen LogP contribution in [0.1, 0.15) is 10.4 Å². The van der Waals surface area contributed by atoms with E-state index in [0.29, 0.717) is 17.6 Å². The van der Waals surface area contributed by atoms with Gasteiger partial charge in [0.15, 0.2) is 0 Å². The van der Waals surface area contributed by atoms with Gasteiger partial charge in [-0.3, -0.25) is 4.79 Å². The first kappa shape index (κ1) is 19.2. The highest BCUT2D eigenvalue weighted by Gasteiger charge is 2.12. The number of nitrogens with one attached hydrogen (secondary N) is 2. The van der Waals surface area contributed by atoms with Crippen LogP contribution < -0.4 is 10.6 Å². The van der Waals surface area contributed by atoms with E-state index in [1.54, 1.807) is 24.3 Å². The topological polar surface area (TPSA) is 66.9 Å². The molecule has 0 fully saturated rings.